The van der Waals surface area contributed by atoms with Gasteiger partial charge in [-0.1, -0.05) is 12.1 Å². The molecule has 1 aromatic carbocycles. The maximum absolute atomic E-state index is 12.5. The highest BCUT2D eigenvalue weighted by Crippen LogP contribution is 2.19. The predicted molar refractivity (Wildman–Crippen MR) is 76.2 cm³/mol. The number of hydrogen-bond acceptors (Lipinski definition) is 3. The zero-order valence-electron chi connectivity index (χ0n) is 11.4. The first kappa shape index (κ1) is 13.1. The lowest BCUT2D eigenvalue weighted by Crippen LogP contribution is -2.29. The van der Waals surface area contributed by atoms with E-state index >= 15 is 0 Å². The monoisotopic (exact) mass is 258 g/mol. The van der Waals surface area contributed by atoms with Crippen LogP contribution in [0.1, 0.15) is 23.0 Å². The molecular formula is C14H18N4O. The second-order valence-electron chi connectivity index (χ2n) is 4.47. The number of aryl methyl sites for hydroxylation is 2. The Labute approximate surface area is 112 Å². The van der Waals surface area contributed by atoms with Gasteiger partial charge in [0.25, 0.3) is 5.91 Å². The molecule has 2 N–H and O–H groups in total. The molecule has 0 aliphatic carbocycles. The molecule has 0 unspecified atom stereocenters. The number of amides is 1. The largest absolute Gasteiger partial charge is 0.396 e. The van der Waals surface area contributed by atoms with Gasteiger partial charge in [0.05, 0.1) is 11.9 Å². The van der Waals surface area contributed by atoms with E-state index in [1.165, 1.54) is 6.20 Å². The normalized spacial score (nSPS) is 10.5. The van der Waals surface area contributed by atoms with Crippen LogP contribution >= 0.6 is 0 Å². The Balaban J connectivity index is 2.36. The van der Waals surface area contributed by atoms with Gasteiger partial charge in [-0.15, -0.1) is 0 Å². The summed E-state index contributed by atoms with van der Waals surface area (Å²) in [6.07, 6.45) is 1.51. The van der Waals surface area contributed by atoms with Crippen LogP contribution in [-0.4, -0.2) is 22.7 Å². The number of nitrogens with zero attached hydrogens (tertiary/aromatic N) is 3. The van der Waals surface area contributed by atoms with Gasteiger partial charge in [0.2, 0.25) is 0 Å². The second-order valence-corrected chi connectivity index (χ2v) is 4.47. The molecule has 1 aromatic heterocycles. The number of aromatic nitrogens is 2. The van der Waals surface area contributed by atoms with E-state index in [1.54, 1.807) is 16.6 Å². The Morgan fingerprint density at radius 2 is 2.21 bits per heavy atom. The second kappa shape index (κ2) is 5.14. The van der Waals surface area contributed by atoms with E-state index in [2.05, 4.69) is 5.10 Å². The van der Waals surface area contributed by atoms with Crippen molar-refractivity contribution in [3.63, 3.8) is 0 Å². The SMILES string of the molecule is CCn1ncc(N)c1C(=O)N(C)c1cccc(C)c1. The molecule has 0 bridgehead atoms. The van der Waals surface area contributed by atoms with Gasteiger partial charge in [-0.3, -0.25) is 9.48 Å². The quantitative estimate of drug-likeness (QED) is 0.916. The van der Waals surface area contributed by atoms with Gasteiger partial charge in [0.15, 0.2) is 0 Å². The van der Waals surface area contributed by atoms with Crippen LogP contribution in [0, 0.1) is 6.92 Å². The molecule has 0 saturated carbocycles. The van der Waals surface area contributed by atoms with Crippen molar-refractivity contribution >= 4 is 17.3 Å². The average Bonchev–Trinajstić information content (AvgIpc) is 2.78. The first-order valence-corrected chi connectivity index (χ1v) is 6.20. The van der Waals surface area contributed by atoms with Crippen LogP contribution in [-0.2, 0) is 6.54 Å². The third-order valence-electron chi connectivity index (χ3n) is 3.06. The minimum atomic E-state index is -0.151. The lowest BCUT2D eigenvalue weighted by Gasteiger charge is -2.18. The molecule has 5 heteroatoms. The summed E-state index contributed by atoms with van der Waals surface area (Å²) >= 11 is 0. The summed E-state index contributed by atoms with van der Waals surface area (Å²) < 4.78 is 1.62. The molecule has 1 heterocycles. The predicted octanol–water partition coefficient (Wildman–Crippen LogP) is 2.07. The zero-order chi connectivity index (χ0) is 14.0. The Bertz CT molecular complexity index is 603. The van der Waals surface area contributed by atoms with Crippen LogP contribution in [0.2, 0.25) is 0 Å². The highest BCUT2D eigenvalue weighted by molar-refractivity contribution is 6.07. The van der Waals surface area contributed by atoms with E-state index in [9.17, 15) is 4.79 Å². The Morgan fingerprint density at radius 1 is 1.47 bits per heavy atom. The van der Waals surface area contributed by atoms with E-state index in [-0.39, 0.29) is 5.91 Å². The molecule has 0 fully saturated rings. The summed E-state index contributed by atoms with van der Waals surface area (Å²) in [7, 11) is 1.74. The molecule has 0 aliphatic rings. The molecule has 2 rings (SSSR count). The van der Waals surface area contributed by atoms with Gasteiger partial charge in [0.1, 0.15) is 5.69 Å². The van der Waals surface area contributed by atoms with Crippen molar-refractivity contribution in [2.24, 2.45) is 0 Å². The van der Waals surface area contributed by atoms with Crippen molar-refractivity contribution in [3.05, 3.63) is 41.7 Å². The lowest BCUT2D eigenvalue weighted by molar-refractivity contribution is 0.0983. The number of nitrogen functional groups attached to an aromatic ring is 1. The number of carbonyl (C=O) groups is 1. The van der Waals surface area contributed by atoms with Crippen LogP contribution in [0.4, 0.5) is 11.4 Å². The fourth-order valence-corrected chi connectivity index (χ4v) is 1.99. The minimum absolute atomic E-state index is 0.151. The van der Waals surface area contributed by atoms with Crippen LogP contribution < -0.4 is 10.6 Å². The Hall–Kier alpha value is -2.30. The van der Waals surface area contributed by atoms with Crippen molar-refractivity contribution in [3.8, 4) is 0 Å². The molecule has 100 valence electrons. The standard InChI is InChI=1S/C14H18N4O/c1-4-18-13(12(15)9-16-18)14(19)17(3)11-7-5-6-10(2)8-11/h5-9H,4,15H2,1-3H3. The van der Waals surface area contributed by atoms with Crippen molar-refractivity contribution in [1.29, 1.82) is 0 Å². The zero-order valence-corrected chi connectivity index (χ0v) is 11.4. The number of rotatable bonds is 3. The van der Waals surface area contributed by atoms with Gasteiger partial charge in [-0.2, -0.15) is 5.10 Å². The van der Waals surface area contributed by atoms with Gasteiger partial charge in [-0.25, -0.2) is 0 Å². The topological polar surface area (TPSA) is 64.2 Å². The number of benzene rings is 1. The van der Waals surface area contributed by atoms with E-state index < -0.39 is 0 Å². The molecule has 0 radical (unpaired) electrons. The van der Waals surface area contributed by atoms with Gasteiger partial charge < -0.3 is 10.6 Å². The Morgan fingerprint density at radius 3 is 2.84 bits per heavy atom. The first-order chi connectivity index (χ1) is 9.04. The summed E-state index contributed by atoms with van der Waals surface area (Å²) in [5, 5.41) is 4.09. The summed E-state index contributed by atoms with van der Waals surface area (Å²) in [6, 6.07) is 7.77. The van der Waals surface area contributed by atoms with Crippen LogP contribution in [0.3, 0.4) is 0 Å². The van der Waals surface area contributed by atoms with E-state index in [0.717, 1.165) is 11.3 Å². The summed E-state index contributed by atoms with van der Waals surface area (Å²) in [6.45, 7) is 4.53. The fraction of sp³-hybridized carbons (Fsp3) is 0.286. The van der Waals surface area contributed by atoms with Crippen LogP contribution in [0.15, 0.2) is 30.5 Å². The number of anilines is 2. The maximum atomic E-state index is 12.5. The van der Waals surface area contributed by atoms with Crippen LogP contribution in [0.5, 0.6) is 0 Å². The number of carbonyl (C=O) groups excluding carboxylic acids is 1. The van der Waals surface area contributed by atoms with Gasteiger partial charge >= 0.3 is 0 Å². The van der Waals surface area contributed by atoms with Crippen molar-refractivity contribution < 1.29 is 4.79 Å². The first-order valence-electron chi connectivity index (χ1n) is 6.20. The fourth-order valence-electron chi connectivity index (χ4n) is 1.99. The molecule has 0 aliphatic heterocycles. The summed E-state index contributed by atoms with van der Waals surface area (Å²) in [5.41, 5.74) is 8.62. The molecule has 0 spiro atoms. The van der Waals surface area contributed by atoms with Crippen LogP contribution in [0.25, 0.3) is 0 Å². The van der Waals surface area contributed by atoms with Gasteiger partial charge in [-0.05, 0) is 31.5 Å². The molecule has 5 nitrogen and oxygen atoms in total. The molecule has 0 atom stereocenters. The smallest absolute Gasteiger partial charge is 0.278 e. The van der Waals surface area contributed by atoms with Crippen molar-refractivity contribution in [1.82, 2.24) is 9.78 Å². The summed E-state index contributed by atoms with van der Waals surface area (Å²) in [5.74, 6) is -0.151. The number of nitrogens with two attached hydrogens (primary N) is 1. The lowest BCUT2D eigenvalue weighted by atomic mass is 10.2. The maximum Gasteiger partial charge on any atom is 0.278 e. The van der Waals surface area contributed by atoms with E-state index in [1.807, 2.05) is 38.1 Å². The third-order valence-corrected chi connectivity index (χ3v) is 3.06. The molecule has 1 amide bonds. The molecule has 0 saturated heterocycles. The van der Waals surface area contributed by atoms with Crippen molar-refractivity contribution in [2.75, 3.05) is 17.7 Å². The highest BCUT2D eigenvalue weighted by atomic mass is 16.2. The van der Waals surface area contributed by atoms with E-state index in [4.69, 9.17) is 5.73 Å². The van der Waals surface area contributed by atoms with E-state index in [0.29, 0.717) is 17.9 Å². The molecule has 19 heavy (non-hydrogen) atoms. The summed E-state index contributed by atoms with van der Waals surface area (Å²) in [4.78, 5) is 14.1. The molecule has 2 aromatic rings. The van der Waals surface area contributed by atoms with Crippen molar-refractivity contribution in [2.45, 2.75) is 20.4 Å². The average molecular weight is 258 g/mol. The van der Waals surface area contributed by atoms with Gasteiger partial charge in [0, 0.05) is 19.3 Å². The molecular weight excluding hydrogens is 240 g/mol. The Kier molecular flexibility index (Phi) is 3.55. The number of hydrogen-bond donors (Lipinski definition) is 1. The third kappa shape index (κ3) is 2.45. The highest BCUT2D eigenvalue weighted by Gasteiger charge is 2.20. The minimum Gasteiger partial charge on any atom is -0.396 e.